The van der Waals surface area contributed by atoms with E-state index in [9.17, 15) is 49.2 Å². The molecule has 12 rings (SSSR count). The lowest BCUT2D eigenvalue weighted by Crippen LogP contribution is -2.83. The van der Waals surface area contributed by atoms with Gasteiger partial charge in [0.05, 0.1) is 30.2 Å². The molecule has 22 heteroatoms. The van der Waals surface area contributed by atoms with Gasteiger partial charge in [-0.2, -0.15) is 0 Å². The van der Waals surface area contributed by atoms with Gasteiger partial charge in [0.2, 0.25) is 0 Å². The number of aldehydes is 1. The molecule has 3 aromatic rings. The van der Waals surface area contributed by atoms with E-state index in [1.807, 2.05) is 19.9 Å². The van der Waals surface area contributed by atoms with Crippen LogP contribution in [0.3, 0.4) is 0 Å². The third-order valence-corrected chi connectivity index (χ3v) is 25.6. The van der Waals surface area contributed by atoms with E-state index < -0.39 is 161 Å². The molecule has 7 N–H and O–H groups in total. The van der Waals surface area contributed by atoms with Gasteiger partial charge in [0, 0.05) is 60.7 Å². The molecule has 16 unspecified atom stereocenters. The highest BCUT2D eigenvalue weighted by molar-refractivity contribution is 5.95. The van der Waals surface area contributed by atoms with Crippen LogP contribution in [-0.4, -0.2) is 153 Å². The maximum absolute atomic E-state index is 15.3. The van der Waals surface area contributed by atoms with Crippen molar-refractivity contribution >= 4 is 48.3 Å². The largest absolute Gasteiger partial charge is 0.456 e. The number of alkyl carbamates (subject to hydrolysis) is 2. The van der Waals surface area contributed by atoms with Gasteiger partial charge in [-0.25, -0.2) is 19.2 Å². The predicted octanol–water partition coefficient (Wildman–Crippen LogP) is 11.8. The molecule has 108 heavy (non-hydrogen) atoms. The second-order valence-electron chi connectivity index (χ2n) is 34.1. The molecule has 1 saturated heterocycles. The van der Waals surface area contributed by atoms with Gasteiger partial charge in [-0.3, -0.25) is 14.4 Å². The number of aliphatic hydroxyl groups excluding tert-OH is 2. The van der Waals surface area contributed by atoms with Gasteiger partial charge in [0.15, 0.2) is 11.7 Å². The second kappa shape index (κ2) is 30.7. The van der Waals surface area contributed by atoms with Gasteiger partial charge in [0.1, 0.15) is 54.1 Å². The highest BCUT2D eigenvalue weighted by Crippen LogP contribution is 2.65. The fourth-order valence-corrected chi connectivity index (χ4v) is 20.4. The van der Waals surface area contributed by atoms with Crippen LogP contribution in [0.15, 0.2) is 162 Å². The van der Waals surface area contributed by atoms with Gasteiger partial charge in [-0.05, 0) is 178 Å². The highest BCUT2D eigenvalue weighted by Gasteiger charge is 2.79. The van der Waals surface area contributed by atoms with Crippen molar-refractivity contribution in [3.05, 3.63) is 179 Å². The number of hydrogen-bond donors (Lipinski definition) is 7. The monoisotopic (exact) mass is 1490 g/mol. The number of fused-ring (bicyclic) bond motifs is 6. The SMILES string of the molecule is C=C1/C(=C\C=C2/CCC[C@@]3(C)C2CCC3[C@@H](C)/C=C/C(O)C2CC2)C[C@@H](C=O)C[C@@H]1OC(=O)NC1CC(C)(C)CC(C)(NC(=O)OC2CC3OCC3(OC(C)=O)C3C(OC(=O)c4ccccc4)C4(O)CC(OC(=O)C(O)C(NC(=O)c5ccccc5)c5ccccc5)C(C)=C(C(OC(C)=O)C(=C)C23O)C4(C)C)C1. The minimum absolute atomic E-state index is 0.00524. The van der Waals surface area contributed by atoms with Crippen molar-refractivity contribution in [1.29, 1.82) is 0 Å². The average molecular weight is 1490 g/mol. The molecule has 580 valence electrons. The maximum atomic E-state index is 15.3. The third kappa shape index (κ3) is 15.4. The van der Waals surface area contributed by atoms with Gasteiger partial charge < -0.3 is 74.3 Å². The molecule has 8 fully saturated rings. The van der Waals surface area contributed by atoms with Crippen LogP contribution < -0.4 is 16.0 Å². The molecule has 9 aliphatic rings. The Morgan fingerprint density at radius 3 is 2.03 bits per heavy atom. The van der Waals surface area contributed by atoms with Crippen LogP contribution in [0, 0.1) is 51.8 Å². The molecule has 0 spiro atoms. The highest BCUT2D eigenvalue weighted by atomic mass is 16.6. The Morgan fingerprint density at radius 2 is 1.40 bits per heavy atom. The van der Waals surface area contributed by atoms with E-state index in [1.165, 1.54) is 17.7 Å². The minimum atomic E-state index is -2.84. The number of nitrogens with one attached hydrogen (secondary N) is 3. The summed E-state index contributed by atoms with van der Waals surface area (Å²) < 4.78 is 44.6. The number of allylic oxidation sites excluding steroid dienone is 4. The summed E-state index contributed by atoms with van der Waals surface area (Å²) >= 11 is 0. The van der Waals surface area contributed by atoms with Crippen LogP contribution >= 0.6 is 0 Å². The number of amides is 3. The average Bonchev–Trinajstić information content (AvgIpc) is 0.677. The summed E-state index contributed by atoms with van der Waals surface area (Å²) in [4.78, 5) is 114. The summed E-state index contributed by atoms with van der Waals surface area (Å²) in [5.41, 5.74) is -7.77. The first-order valence-corrected chi connectivity index (χ1v) is 38.3. The van der Waals surface area contributed by atoms with Crippen molar-refractivity contribution in [3.63, 3.8) is 0 Å². The maximum Gasteiger partial charge on any atom is 0.407 e. The number of esters is 4. The fourth-order valence-electron chi connectivity index (χ4n) is 20.4. The second-order valence-corrected chi connectivity index (χ2v) is 34.1. The lowest BCUT2D eigenvalue weighted by Gasteiger charge is -2.67. The third-order valence-electron chi connectivity index (χ3n) is 25.6. The minimum Gasteiger partial charge on any atom is -0.456 e. The summed E-state index contributed by atoms with van der Waals surface area (Å²) in [6.07, 6.45) is 3.77. The molecule has 1 heterocycles. The van der Waals surface area contributed by atoms with Gasteiger partial charge in [0.25, 0.3) is 5.91 Å². The summed E-state index contributed by atoms with van der Waals surface area (Å²) in [6, 6.07) is 22.1. The molecule has 0 radical (unpaired) electrons. The van der Waals surface area contributed by atoms with Crippen LogP contribution in [0.4, 0.5) is 9.59 Å². The first-order chi connectivity index (χ1) is 51.0. The van der Waals surface area contributed by atoms with Gasteiger partial charge >= 0.3 is 36.1 Å². The predicted molar refractivity (Wildman–Crippen MR) is 399 cm³/mol. The molecule has 8 aliphatic carbocycles. The molecule has 3 amide bonds. The Kier molecular flexibility index (Phi) is 22.5. The molecular weight excluding hydrogens is 1380 g/mol. The number of carbonyl (C=O) groups excluding carboxylic acids is 8. The van der Waals surface area contributed by atoms with E-state index in [0.717, 1.165) is 70.7 Å². The van der Waals surface area contributed by atoms with E-state index in [4.69, 9.17) is 33.2 Å². The zero-order valence-electron chi connectivity index (χ0n) is 63.7. The molecule has 0 aromatic heterocycles. The molecule has 7 saturated carbocycles. The van der Waals surface area contributed by atoms with E-state index in [2.05, 4.69) is 61.2 Å². The van der Waals surface area contributed by atoms with Crippen molar-refractivity contribution in [2.45, 2.75) is 242 Å². The first-order valence-electron chi connectivity index (χ1n) is 38.3. The van der Waals surface area contributed by atoms with E-state index >= 15 is 9.59 Å². The number of carbonyl (C=O) groups is 8. The Morgan fingerprint density at radius 1 is 0.731 bits per heavy atom. The lowest BCUT2D eigenvalue weighted by molar-refractivity contribution is -0.357. The lowest BCUT2D eigenvalue weighted by atomic mass is 9.47. The number of ether oxygens (including phenoxy) is 7. The molecule has 2 bridgehead atoms. The fraction of sp³-hybridized carbons (Fsp3) is 0.558. The summed E-state index contributed by atoms with van der Waals surface area (Å²) in [5, 5.41) is 60.6. The topological polar surface area (TPSA) is 318 Å². The Labute approximate surface area is 632 Å². The normalized spacial score (nSPS) is 35.1. The molecule has 3 aromatic carbocycles. The smallest absolute Gasteiger partial charge is 0.407 e. The molecule has 1 aliphatic heterocycles. The van der Waals surface area contributed by atoms with E-state index in [1.54, 1.807) is 107 Å². The Balaban J connectivity index is 0.822. The van der Waals surface area contributed by atoms with Crippen molar-refractivity contribution in [1.82, 2.24) is 16.0 Å². The van der Waals surface area contributed by atoms with E-state index in [0.29, 0.717) is 54.1 Å². The first kappa shape index (κ1) is 79.0. The number of aliphatic hydroxyl groups is 4. The standard InChI is InChI=1S/C86H107N3O19/c1-48(30-37-64(93)56-32-33-56)62-35-36-63-55(29-22-38-83(62,63)12)31-34-60-39-54(45-90)40-65(49(60)2)105-78(98)87-61-42-80(7,8)46-82(11,43-61)89-79(99)106-68-41-67-84(47-102-67,108-53(6)92)73-74(107-76(96)59-27-20-15-21-28-59)85(100)44-66(50(3)69(81(85,9)10)72(103-52(5)91)51(4)86(68,73)101)104-77(97)71(94)70(57-23-16-13-17-24-57)88-75(95)58-25-18-14-19-26-58/h13-21,23-28,30-31,34,37,45,48,54,56,61-68,70-74,93-94,100-101H,2,4,22,29,32-33,35-36,38-44,46-47H2,1,3,5-12H3,(H,87,98)(H,88,95)(H,89,99)/b37-30+,55-31+,60-34-/t48-,54+,61?,62?,63?,64?,65-,66?,67?,68?,70?,71?,72?,73?,74?,82?,83+,84?,85?,86?/m0/s1. The number of hydrogen-bond acceptors (Lipinski definition) is 19. The number of benzene rings is 3. The Hall–Kier alpha value is -8.54. The van der Waals surface area contributed by atoms with Gasteiger partial charge in [-0.1, -0.05) is 151 Å². The number of rotatable bonds is 20. The summed E-state index contributed by atoms with van der Waals surface area (Å²) in [7, 11) is 0. The van der Waals surface area contributed by atoms with Crippen LogP contribution in [0.5, 0.6) is 0 Å². The molecule has 20 atom stereocenters. The van der Waals surface area contributed by atoms with Crippen molar-refractivity contribution in [2.24, 2.45) is 51.8 Å². The molecular formula is C86H107N3O19. The van der Waals surface area contributed by atoms with Crippen LogP contribution in [0.1, 0.15) is 191 Å². The van der Waals surface area contributed by atoms with Crippen LogP contribution in [0.2, 0.25) is 0 Å². The Bertz CT molecular complexity index is 4110. The van der Waals surface area contributed by atoms with E-state index in [-0.39, 0.29) is 52.2 Å². The summed E-state index contributed by atoms with van der Waals surface area (Å²) in [6.45, 7) is 25.8. The summed E-state index contributed by atoms with van der Waals surface area (Å²) in [5.74, 6) is -5.53. The van der Waals surface area contributed by atoms with Crippen LogP contribution in [-0.2, 0) is 52.3 Å². The van der Waals surface area contributed by atoms with Gasteiger partial charge in [-0.15, -0.1) is 0 Å². The van der Waals surface area contributed by atoms with Crippen molar-refractivity contribution in [2.75, 3.05) is 6.61 Å². The molecule has 22 nitrogen and oxygen atoms in total. The quantitative estimate of drug-likeness (QED) is 0.0239. The zero-order valence-corrected chi connectivity index (χ0v) is 63.7. The van der Waals surface area contributed by atoms with Crippen molar-refractivity contribution < 1.29 is 91.9 Å². The zero-order chi connectivity index (χ0) is 77.8. The van der Waals surface area contributed by atoms with Crippen molar-refractivity contribution in [3.8, 4) is 0 Å². The van der Waals surface area contributed by atoms with Crippen LogP contribution in [0.25, 0.3) is 0 Å².